The summed E-state index contributed by atoms with van der Waals surface area (Å²) in [5.41, 5.74) is 4.29. The van der Waals surface area contributed by atoms with Crippen molar-refractivity contribution in [2.75, 3.05) is 0 Å². The zero-order chi connectivity index (χ0) is 9.97. The molecule has 2 nitrogen and oxygen atoms in total. The van der Waals surface area contributed by atoms with Crippen LogP contribution in [0.3, 0.4) is 0 Å². The second kappa shape index (κ2) is 6.46. The van der Waals surface area contributed by atoms with E-state index in [2.05, 4.69) is 23.8 Å². The maximum Gasteiger partial charge on any atom is 0.0888 e. The Morgan fingerprint density at radius 2 is 1.12 bits per heavy atom. The van der Waals surface area contributed by atoms with Gasteiger partial charge in [0.2, 0.25) is 0 Å². The topological polar surface area (TPSA) is 25.8 Å². The molecule has 0 aromatic carbocycles. The second-order valence-electron chi connectivity index (χ2n) is 3.44. The van der Waals surface area contributed by atoms with E-state index in [0.717, 1.165) is 11.4 Å². The average molecular weight is 257 g/mol. The van der Waals surface area contributed by atoms with Crippen molar-refractivity contribution in [2.24, 2.45) is 0 Å². The SMILES string of the molecule is Cc1ccnc(-c2cc(C)ccn2)c1.Cl.Cl. The Labute approximate surface area is 108 Å². The highest BCUT2D eigenvalue weighted by molar-refractivity contribution is 5.85. The zero-order valence-corrected chi connectivity index (χ0v) is 10.8. The molecule has 0 aliphatic rings. The van der Waals surface area contributed by atoms with Crippen LogP contribution in [0, 0.1) is 13.8 Å². The van der Waals surface area contributed by atoms with Gasteiger partial charge in [0.1, 0.15) is 0 Å². The molecule has 2 aromatic rings. The number of nitrogens with zero attached hydrogens (tertiary/aromatic N) is 2. The first-order valence-corrected chi connectivity index (χ1v) is 4.61. The van der Waals surface area contributed by atoms with Crippen molar-refractivity contribution < 1.29 is 0 Å². The van der Waals surface area contributed by atoms with E-state index in [1.807, 2.05) is 36.7 Å². The summed E-state index contributed by atoms with van der Waals surface area (Å²) in [5, 5.41) is 0. The molecule has 0 radical (unpaired) electrons. The molecule has 0 spiro atoms. The molecule has 2 rings (SSSR count). The fourth-order valence-electron chi connectivity index (χ4n) is 1.35. The van der Waals surface area contributed by atoms with Crippen molar-refractivity contribution in [1.82, 2.24) is 9.97 Å². The number of halogens is 2. The minimum Gasteiger partial charge on any atom is -0.255 e. The first-order chi connectivity index (χ1) is 6.75. The van der Waals surface area contributed by atoms with Crippen molar-refractivity contribution >= 4 is 24.8 Å². The monoisotopic (exact) mass is 256 g/mol. The lowest BCUT2D eigenvalue weighted by Crippen LogP contribution is -1.88. The van der Waals surface area contributed by atoms with Gasteiger partial charge >= 0.3 is 0 Å². The van der Waals surface area contributed by atoms with Crippen molar-refractivity contribution in [2.45, 2.75) is 13.8 Å². The number of pyridine rings is 2. The number of aryl methyl sites for hydroxylation is 2. The summed E-state index contributed by atoms with van der Waals surface area (Å²) in [7, 11) is 0. The molecule has 0 unspecified atom stereocenters. The van der Waals surface area contributed by atoms with Crippen molar-refractivity contribution in [3.63, 3.8) is 0 Å². The molecule has 0 atom stereocenters. The summed E-state index contributed by atoms with van der Waals surface area (Å²) in [6, 6.07) is 8.06. The Hall–Kier alpha value is -1.12. The first kappa shape index (κ1) is 14.9. The normalized spacial score (nSPS) is 8.88. The third-order valence-electron chi connectivity index (χ3n) is 2.09. The molecule has 86 valence electrons. The van der Waals surface area contributed by atoms with E-state index in [1.165, 1.54) is 11.1 Å². The molecule has 16 heavy (non-hydrogen) atoms. The lowest BCUT2D eigenvalue weighted by molar-refractivity contribution is 1.21. The molecule has 0 N–H and O–H groups in total. The molecule has 0 saturated heterocycles. The van der Waals surface area contributed by atoms with Crippen molar-refractivity contribution in [3.05, 3.63) is 47.8 Å². The van der Waals surface area contributed by atoms with E-state index in [-0.39, 0.29) is 24.8 Å². The van der Waals surface area contributed by atoms with Gasteiger partial charge in [0.25, 0.3) is 0 Å². The molecule has 0 aliphatic heterocycles. The highest BCUT2D eigenvalue weighted by Crippen LogP contribution is 2.15. The highest BCUT2D eigenvalue weighted by atomic mass is 35.5. The van der Waals surface area contributed by atoms with E-state index in [4.69, 9.17) is 0 Å². The Morgan fingerprint density at radius 3 is 1.44 bits per heavy atom. The number of aromatic nitrogens is 2. The molecule has 0 fully saturated rings. The largest absolute Gasteiger partial charge is 0.255 e. The molecule has 2 heterocycles. The highest BCUT2D eigenvalue weighted by Gasteiger charge is 2.00. The molecular formula is C12H14Cl2N2. The predicted molar refractivity (Wildman–Crippen MR) is 71.4 cm³/mol. The minimum atomic E-state index is 0. The van der Waals surface area contributed by atoms with Crippen LogP contribution < -0.4 is 0 Å². The maximum atomic E-state index is 4.29. The van der Waals surface area contributed by atoms with E-state index in [1.54, 1.807) is 0 Å². The van der Waals surface area contributed by atoms with Gasteiger partial charge in [-0.3, -0.25) is 9.97 Å². The van der Waals surface area contributed by atoms with Crippen LogP contribution in [0.1, 0.15) is 11.1 Å². The van der Waals surface area contributed by atoms with E-state index < -0.39 is 0 Å². The second-order valence-corrected chi connectivity index (χ2v) is 3.44. The van der Waals surface area contributed by atoms with Gasteiger partial charge in [-0.15, -0.1) is 24.8 Å². The summed E-state index contributed by atoms with van der Waals surface area (Å²) < 4.78 is 0. The van der Waals surface area contributed by atoms with Crippen LogP contribution in [0.15, 0.2) is 36.7 Å². The van der Waals surface area contributed by atoms with Gasteiger partial charge in [-0.05, 0) is 49.2 Å². The maximum absolute atomic E-state index is 4.29. The lowest BCUT2D eigenvalue weighted by Gasteiger charge is -2.01. The first-order valence-electron chi connectivity index (χ1n) is 4.61. The molecular weight excluding hydrogens is 243 g/mol. The standard InChI is InChI=1S/C12H12N2.2ClH/c1-9-3-5-13-11(7-9)12-8-10(2)4-6-14-12;;/h3-8H,1-2H3;2*1H. The summed E-state index contributed by atoms with van der Waals surface area (Å²) >= 11 is 0. The van der Waals surface area contributed by atoms with E-state index in [9.17, 15) is 0 Å². The smallest absolute Gasteiger partial charge is 0.0888 e. The van der Waals surface area contributed by atoms with Crippen LogP contribution in [-0.4, -0.2) is 9.97 Å². The van der Waals surface area contributed by atoms with Gasteiger partial charge in [-0.1, -0.05) is 0 Å². The zero-order valence-electron chi connectivity index (χ0n) is 9.18. The van der Waals surface area contributed by atoms with Crippen LogP contribution in [-0.2, 0) is 0 Å². The minimum absolute atomic E-state index is 0. The molecule has 0 amide bonds. The van der Waals surface area contributed by atoms with Gasteiger partial charge < -0.3 is 0 Å². The number of hydrogen-bond acceptors (Lipinski definition) is 2. The molecule has 0 bridgehead atoms. The Morgan fingerprint density at radius 1 is 0.750 bits per heavy atom. The van der Waals surface area contributed by atoms with Gasteiger partial charge in [0, 0.05) is 12.4 Å². The Balaban J connectivity index is 0.00000112. The van der Waals surface area contributed by atoms with Crippen LogP contribution in [0.5, 0.6) is 0 Å². The lowest BCUT2D eigenvalue weighted by atomic mass is 10.1. The van der Waals surface area contributed by atoms with Gasteiger partial charge in [-0.25, -0.2) is 0 Å². The molecule has 2 aromatic heterocycles. The van der Waals surface area contributed by atoms with Crippen molar-refractivity contribution in [1.29, 1.82) is 0 Å². The van der Waals surface area contributed by atoms with Crippen LogP contribution >= 0.6 is 24.8 Å². The third kappa shape index (κ3) is 3.47. The van der Waals surface area contributed by atoms with Crippen LogP contribution in [0.25, 0.3) is 11.4 Å². The Bertz CT molecular complexity index is 415. The van der Waals surface area contributed by atoms with Crippen LogP contribution in [0.2, 0.25) is 0 Å². The fourth-order valence-corrected chi connectivity index (χ4v) is 1.35. The summed E-state index contributed by atoms with van der Waals surface area (Å²) in [4.78, 5) is 8.58. The predicted octanol–water partition coefficient (Wildman–Crippen LogP) is 3.60. The van der Waals surface area contributed by atoms with E-state index in [0.29, 0.717) is 0 Å². The molecule has 0 aliphatic carbocycles. The van der Waals surface area contributed by atoms with Crippen LogP contribution in [0.4, 0.5) is 0 Å². The third-order valence-corrected chi connectivity index (χ3v) is 2.09. The van der Waals surface area contributed by atoms with Crippen molar-refractivity contribution in [3.8, 4) is 11.4 Å². The molecule has 0 saturated carbocycles. The summed E-state index contributed by atoms with van der Waals surface area (Å²) in [5.74, 6) is 0. The quantitative estimate of drug-likeness (QED) is 0.780. The summed E-state index contributed by atoms with van der Waals surface area (Å²) in [6.07, 6.45) is 3.63. The fraction of sp³-hybridized carbons (Fsp3) is 0.167. The van der Waals surface area contributed by atoms with Gasteiger partial charge in [0.15, 0.2) is 0 Å². The summed E-state index contributed by atoms with van der Waals surface area (Å²) in [6.45, 7) is 4.11. The molecule has 4 heteroatoms. The Kier molecular flexibility index (Phi) is 6.01. The van der Waals surface area contributed by atoms with Gasteiger partial charge in [-0.2, -0.15) is 0 Å². The van der Waals surface area contributed by atoms with Gasteiger partial charge in [0.05, 0.1) is 11.4 Å². The van der Waals surface area contributed by atoms with E-state index >= 15 is 0 Å². The number of hydrogen-bond donors (Lipinski definition) is 0. The number of rotatable bonds is 1. The average Bonchev–Trinajstić information content (AvgIpc) is 2.18.